The number of rotatable bonds is 2. The molecule has 0 radical (unpaired) electrons. The summed E-state index contributed by atoms with van der Waals surface area (Å²) >= 11 is 11.4. The molecule has 0 fully saturated rings. The number of carbonyl (C=O) groups excluding carboxylic acids is 1. The van der Waals surface area contributed by atoms with Crippen LogP contribution in [0.15, 0.2) is 12.1 Å². The summed E-state index contributed by atoms with van der Waals surface area (Å²) in [4.78, 5) is 10.9. The summed E-state index contributed by atoms with van der Waals surface area (Å²) in [6.07, 6.45) is -0.221. The van der Waals surface area contributed by atoms with E-state index in [1.54, 1.807) is 0 Å². The topological polar surface area (TPSA) is 26.3 Å². The van der Waals surface area contributed by atoms with Crippen molar-refractivity contribution in [3.8, 4) is 0 Å². The molecule has 0 aliphatic carbocycles. The van der Waals surface area contributed by atoms with Crippen molar-refractivity contribution in [2.45, 2.75) is 6.42 Å². The largest absolute Gasteiger partial charge is 0.469 e. The maximum Gasteiger partial charge on any atom is 0.310 e. The van der Waals surface area contributed by atoms with E-state index in [9.17, 15) is 9.18 Å². The van der Waals surface area contributed by atoms with Crippen LogP contribution in [0.25, 0.3) is 0 Å². The molecule has 0 aliphatic rings. The van der Waals surface area contributed by atoms with Gasteiger partial charge in [-0.2, -0.15) is 0 Å². The molecule has 0 saturated heterocycles. The molecule has 0 unspecified atom stereocenters. The number of benzene rings is 1. The van der Waals surface area contributed by atoms with Gasteiger partial charge < -0.3 is 4.74 Å². The number of ether oxygens (including phenoxy) is 1. The van der Waals surface area contributed by atoms with E-state index in [0.717, 1.165) is 6.07 Å². The Bertz CT molecular complexity index is 366. The van der Waals surface area contributed by atoms with Crippen LogP contribution in [0.5, 0.6) is 0 Å². The maximum absolute atomic E-state index is 13.2. The highest BCUT2D eigenvalue weighted by molar-refractivity contribution is 6.42. The van der Waals surface area contributed by atoms with Gasteiger partial charge in [0.1, 0.15) is 5.82 Å². The van der Waals surface area contributed by atoms with Crippen LogP contribution < -0.4 is 0 Å². The maximum atomic E-state index is 13.2. The summed E-state index contributed by atoms with van der Waals surface area (Å²) in [5, 5.41) is 0.268. The van der Waals surface area contributed by atoms with Crippen molar-refractivity contribution in [1.29, 1.82) is 0 Å². The normalized spacial score (nSPS) is 10.0. The van der Waals surface area contributed by atoms with Crippen LogP contribution >= 0.6 is 23.2 Å². The standard InChI is InChI=1S/C9H7Cl2FO2/c1-14-8(13)4-5-7(12)3-2-6(10)9(5)11/h2-3H,4H2,1H3. The molecule has 0 atom stereocenters. The molecule has 14 heavy (non-hydrogen) atoms. The van der Waals surface area contributed by atoms with Crippen LogP contribution in [-0.2, 0) is 16.0 Å². The molecule has 1 aromatic carbocycles. The summed E-state index contributed by atoms with van der Waals surface area (Å²) in [6.45, 7) is 0. The molecular formula is C9H7Cl2FO2. The van der Waals surface area contributed by atoms with Crippen LogP contribution in [0.3, 0.4) is 0 Å². The number of halogens is 3. The Morgan fingerprint density at radius 1 is 1.50 bits per heavy atom. The number of esters is 1. The van der Waals surface area contributed by atoms with E-state index in [2.05, 4.69) is 4.74 Å². The first-order valence-corrected chi connectivity index (χ1v) is 4.51. The van der Waals surface area contributed by atoms with E-state index in [0.29, 0.717) is 0 Å². The van der Waals surface area contributed by atoms with E-state index in [4.69, 9.17) is 23.2 Å². The molecular weight excluding hydrogens is 230 g/mol. The lowest BCUT2D eigenvalue weighted by atomic mass is 10.1. The van der Waals surface area contributed by atoms with Crippen LogP contribution in [0.4, 0.5) is 4.39 Å². The zero-order chi connectivity index (χ0) is 10.7. The van der Waals surface area contributed by atoms with Crippen molar-refractivity contribution in [2.75, 3.05) is 7.11 Å². The Labute approximate surface area is 90.6 Å². The molecule has 76 valence electrons. The van der Waals surface area contributed by atoms with Gasteiger partial charge in [-0.3, -0.25) is 4.79 Å². The third kappa shape index (κ3) is 2.36. The lowest BCUT2D eigenvalue weighted by Gasteiger charge is -2.05. The second kappa shape index (κ2) is 4.62. The molecule has 0 heterocycles. The summed E-state index contributed by atoms with van der Waals surface area (Å²) in [5.41, 5.74) is 0.0611. The molecule has 0 aromatic heterocycles. The zero-order valence-electron chi connectivity index (χ0n) is 7.31. The summed E-state index contributed by atoms with van der Waals surface area (Å²) in [6, 6.07) is 2.49. The van der Waals surface area contributed by atoms with Crippen molar-refractivity contribution in [3.63, 3.8) is 0 Å². The van der Waals surface area contributed by atoms with E-state index in [-0.39, 0.29) is 22.0 Å². The Hall–Kier alpha value is -0.800. The molecule has 1 rings (SSSR count). The Kier molecular flexibility index (Phi) is 3.72. The second-order valence-electron chi connectivity index (χ2n) is 2.57. The third-order valence-corrected chi connectivity index (χ3v) is 2.53. The Morgan fingerprint density at radius 3 is 2.71 bits per heavy atom. The fourth-order valence-corrected chi connectivity index (χ4v) is 1.34. The highest BCUT2D eigenvalue weighted by Crippen LogP contribution is 2.28. The fourth-order valence-electron chi connectivity index (χ4n) is 0.948. The number of hydrogen-bond donors (Lipinski definition) is 0. The Morgan fingerprint density at radius 2 is 2.14 bits per heavy atom. The predicted molar refractivity (Wildman–Crippen MR) is 52.1 cm³/mol. The molecule has 0 saturated carbocycles. The Balaban J connectivity index is 3.06. The third-order valence-electron chi connectivity index (χ3n) is 1.69. The minimum Gasteiger partial charge on any atom is -0.469 e. The number of methoxy groups -OCH3 is 1. The van der Waals surface area contributed by atoms with Gasteiger partial charge in [0.05, 0.1) is 23.6 Å². The van der Waals surface area contributed by atoms with Gasteiger partial charge in [-0.15, -0.1) is 0 Å². The summed E-state index contributed by atoms with van der Waals surface area (Å²) in [7, 11) is 1.22. The number of hydrogen-bond acceptors (Lipinski definition) is 2. The van der Waals surface area contributed by atoms with Crippen LogP contribution in [-0.4, -0.2) is 13.1 Å². The lowest BCUT2D eigenvalue weighted by Crippen LogP contribution is -2.06. The van der Waals surface area contributed by atoms with Crippen molar-refractivity contribution in [3.05, 3.63) is 33.6 Å². The average molecular weight is 237 g/mol. The van der Waals surface area contributed by atoms with Gasteiger partial charge in [0.15, 0.2) is 0 Å². The fraction of sp³-hybridized carbons (Fsp3) is 0.222. The molecule has 0 bridgehead atoms. The van der Waals surface area contributed by atoms with Crippen molar-refractivity contribution in [2.24, 2.45) is 0 Å². The lowest BCUT2D eigenvalue weighted by molar-refractivity contribution is -0.139. The molecule has 0 aliphatic heterocycles. The highest BCUT2D eigenvalue weighted by atomic mass is 35.5. The summed E-state index contributed by atoms with van der Waals surface area (Å²) in [5.74, 6) is -1.13. The van der Waals surface area contributed by atoms with Crippen LogP contribution in [0.1, 0.15) is 5.56 Å². The summed E-state index contributed by atoms with van der Waals surface area (Å²) < 4.78 is 17.6. The molecule has 0 spiro atoms. The molecule has 5 heteroatoms. The first kappa shape index (κ1) is 11.3. The van der Waals surface area contributed by atoms with Crippen molar-refractivity contribution < 1.29 is 13.9 Å². The predicted octanol–water partition coefficient (Wildman–Crippen LogP) is 2.85. The molecule has 2 nitrogen and oxygen atoms in total. The van der Waals surface area contributed by atoms with Gasteiger partial charge in [0, 0.05) is 5.56 Å². The van der Waals surface area contributed by atoms with Gasteiger partial charge >= 0.3 is 5.97 Å². The van der Waals surface area contributed by atoms with E-state index in [1.807, 2.05) is 0 Å². The first-order valence-electron chi connectivity index (χ1n) is 3.75. The highest BCUT2D eigenvalue weighted by Gasteiger charge is 2.14. The smallest absolute Gasteiger partial charge is 0.310 e. The molecule has 1 aromatic rings. The van der Waals surface area contributed by atoms with Gasteiger partial charge in [-0.1, -0.05) is 23.2 Å². The van der Waals surface area contributed by atoms with Gasteiger partial charge in [0.25, 0.3) is 0 Å². The average Bonchev–Trinajstić information content (AvgIpc) is 2.18. The van der Waals surface area contributed by atoms with Crippen LogP contribution in [0, 0.1) is 5.82 Å². The second-order valence-corrected chi connectivity index (χ2v) is 3.36. The minimum atomic E-state index is -0.565. The van der Waals surface area contributed by atoms with E-state index >= 15 is 0 Å². The first-order chi connectivity index (χ1) is 6.56. The van der Waals surface area contributed by atoms with E-state index < -0.39 is 11.8 Å². The minimum absolute atomic E-state index is 0.0528. The zero-order valence-corrected chi connectivity index (χ0v) is 8.82. The quantitative estimate of drug-likeness (QED) is 0.583. The van der Waals surface area contributed by atoms with E-state index in [1.165, 1.54) is 13.2 Å². The van der Waals surface area contributed by atoms with Gasteiger partial charge in [0.2, 0.25) is 0 Å². The monoisotopic (exact) mass is 236 g/mol. The number of carbonyl (C=O) groups is 1. The molecule has 0 amide bonds. The van der Waals surface area contributed by atoms with Crippen LogP contribution in [0.2, 0.25) is 10.0 Å². The van der Waals surface area contributed by atoms with Crippen molar-refractivity contribution >= 4 is 29.2 Å². The van der Waals surface area contributed by atoms with Crippen molar-refractivity contribution in [1.82, 2.24) is 0 Å². The SMILES string of the molecule is COC(=O)Cc1c(F)ccc(Cl)c1Cl. The van der Waals surface area contributed by atoms with Gasteiger partial charge in [-0.25, -0.2) is 4.39 Å². The van der Waals surface area contributed by atoms with Gasteiger partial charge in [-0.05, 0) is 12.1 Å². The molecule has 0 N–H and O–H groups in total.